The summed E-state index contributed by atoms with van der Waals surface area (Å²) >= 11 is 9.42. The molecule has 0 fully saturated rings. The molecule has 1 aromatic carbocycles. The number of aromatic nitrogens is 1. The SMILES string of the molecule is Cc1cc(CBr)cnc1Oc1ccccc1Cl. The Morgan fingerprint density at radius 3 is 2.76 bits per heavy atom. The third-order valence-electron chi connectivity index (χ3n) is 2.28. The largest absolute Gasteiger partial charge is 0.437 e. The van der Waals surface area contributed by atoms with Crippen molar-refractivity contribution in [1.82, 2.24) is 4.98 Å². The van der Waals surface area contributed by atoms with Crippen LogP contribution in [0, 0.1) is 6.92 Å². The molecule has 2 aromatic rings. The number of aryl methyl sites for hydroxylation is 1. The molecule has 0 saturated heterocycles. The Balaban J connectivity index is 2.28. The average Bonchev–Trinajstić information content (AvgIpc) is 2.34. The summed E-state index contributed by atoms with van der Waals surface area (Å²) in [4.78, 5) is 4.27. The van der Waals surface area contributed by atoms with Crippen molar-refractivity contribution in [1.29, 1.82) is 0 Å². The first-order valence-corrected chi connectivity index (χ1v) is 6.64. The molecule has 0 unspecified atom stereocenters. The minimum absolute atomic E-state index is 0.582. The van der Waals surface area contributed by atoms with Crippen molar-refractivity contribution in [3.05, 3.63) is 52.7 Å². The summed E-state index contributed by atoms with van der Waals surface area (Å²) in [7, 11) is 0. The number of alkyl halides is 1. The number of pyridine rings is 1. The lowest BCUT2D eigenvalue weighted by Crippen LogP contribution is -1.93. The van der Waals surface area contributed by atoms with Crippen molar-refractivity contribution in [2.24, 2.45) is 0 Å². The predicted molar refractivity (Wildman–Crippen MR) is 73.1 cm³/mol. The van der Waals surface area contributed by atoms with Crippen molar-refractivity contribution in [3.8, 4) is 11.6 Å². The Morgan fingerprint density at radius 2 is 2.12 bits per heavy atom. The van der Waals surface area contributed by atoms with E-state index >= 15 is 0 Å². The van der Waals surface area contributed by atoms with Crippen LogP contribution in [-0.4, -0.2) is 4.98 Å². The molecule has 2 nitrogen and oxygen atoms in total. The van der Waals surface area contributed by atoms with Gasteiger partial charge in [0.25, 0.3) is 0 Å². The number of hydrogen-bond donors (Lipinski definition) is 0. The molecule has 88 valence electrons. The fourth-order valence-electron chi connectivity index (χ4n) is 1.43. The van der Waals surface area contributed by atoms with Gasteiger partial charge in [-0.1, -0.05) is 39.7 Å². The van der Waals surface area contributed by atoms with Crippen LogP contribution in [0.4, 0.5) is 0 Å². The van der Waals surface area contributed by atoms with Gasteiger partial charge < -0.3 is 4.74 Å². The number of benzene rings is 1. The highest BCUT2D eigenvalue weighted by molar-refractivity contribution is 9.08. The number of para-hydroxylation sites is 1. The van der Waals surface area contributed by atoms with Crippen LogP contribution in [-0.2, 0) is 5.33 Å². The lowest BCUT2D eigenvalue weighted by atomic mass is 10.2. The van der Waals surface area contributed by atoms with Crippen LogP contribution in [0.1, 0.15) is 11.1 Å². The average molecular weight is 313 g/mol. The van der Waals surface area contributed by atoms with E-state index in [0.717, 1.165) is 16.5 Å². The summed E-state index contributed by atoms with van der Waals surface area (Å²) < 4.78 is 5.68. The van der Waals surface area contributed by atoms with Gasteiger partial charge in [0.2, 0.25) is 5.88 Å². The zero-order valence-electron chi connectivity index (χ0n) is 9.28. The first-order chi connectivity index (χ1) is 8.20. The Kier molecular flexibility index (Phi) is 4.02. The van der Waals surface area contributed by atoms with E-state index in [1.54, 1.807) is 12.3 Å². The van der Waals surface area contributed by atoms with E-state index < -0.39 is 0 Å². The Bertz CT molecular complexity index is 531. The normalized spacial score (nSPS) is 10.3. The van der Waals surface area contributed by atoms with E-state index in [0.29, 0.717) is 16.7 Å². The van der Waals surface area contributed by atoms with Crippen LogP contribution < -0.4 is 4.74 Å². The smallest absolute Gasteiger partial charge is 0.222 e. The molecule has 0 N–H and O–H groups in total. The predicted octanol–water partition coefficient (Wildman–Crippen LogP) is 4.73. The fourth-order valence-corrected chi connectivity index (χ4v) is 1.91. The summed E-state index contributed by atoms with van der Waals surface area (Å²) in [6.45, 7) is 1.96. The van der Waals surface area contributed by atoms with Crippen LogP contribution in [0.25, 0.3) is 0 Å². The molecular formula is C13H11BrClNO. The number of ether oxygens (including phenoxy) is 1. The number of rotatable bonds is 3. The van der Waals surface area contributed by atoms with E-state index in [-0.39, 0.29) is 0 Å². The second-order valence-electron chi connectivity index (χ2n) is 3.63. The fraction of sp³-hybridized carbons (Fsp3) is 0.154. The maximum Gasteiger partial charge on any atom is 0.222 e. The van der Waals surface area contributed by atoms with Crippen LogP contribution in [0.3, 0.4) is 0 Å². The summed E-state index contributed by atoms with van der Waals surface area (Å²) in [6, 6.07) is 9.39. The van der Waals surface area contributed by atoms with Crippen molar-refractivity contribution in [2.45, 2.75) is 12.3 Å². The van der Waals surface area contributed by atoms with Gasteiger partial charge in [-0.05, 0) is 30.7 Å². The van der Waals surface area contributed by atoms with E-state index in [1.165, 1.54) is 0 Å². The molecule has 1 heterocycles. The van der Waals surface area contributed by atoms with E-state index in [9.17, 15) is 0 Å². The standard InChI is InChI=1S/C13H11BrClNO/c1-9-6-10(7-14)8-16-13(9)17-12-5-3-2-4-11(12)15/h2-6,8H,7H2,1H3. The Morgan fingerprint density at radius 1 is 1.35 bits per heavy atom. The molecule has 17 heavy (non-hydrogen) atoms. The molecule has 0 aliphatic rings. The lowest BCUT2D eigenvalue weighted by Gasteiger charge is -2.09. The molecule has 0 amide bonds. The number of hydrogen-bond acceptors (Lipinski definition) is 2. The summed E-state index contributed by atoms with van der Waals surface area (Å²) in [6.07, 6.45) is 1.79. The highest BCUT2D eigenvalue weighted by atomic mass is 79.9. The highest BCUT2D eigenvalue weighted by Gasteiger charge is 2.06. The van der Waals surface area contributed by atoms with E-state index in [4.69, 9.17) is 16.3 Å². The van der Waals surface area contributed by atoms with Gasteiger partial charge in [-0.3, -0.25) is 0 Å². The van der Waals surface area contributed by atoms with Gasteiger partial charge in [-0.15, -0.1) is 0 Å². The third-order valence-corrected chi connectivity index (χ3v) is 3.24. The minimum atomic E-state index is 0.582. The monoisotopic (exact) mass is 311 g/mol. The maximum atomic E-state index is 6.02. The van der Waals surface area contributed by atoms with Gasteiger partial charge in [0.05, 0.1) is 5.02 Å². The van der Waals surface area contributed by atoms with Gasteiger partial charge in [-0.25, -0.2) is 4.98 Å². The van der Waals surface area contributed by atoms with E-state index in [1.807, 2.05) is 31.2 Å². The topological polar surface area (TPSA) is 22.1 Å². The van der Waals surface area contributed by atoms with Crippen LogP contribution in [0.5, 0.6) is 11.6 Å². The second-order valence-corrected chi connectivity index (χ2v) is 4.60. The highest BCUT2D eigenvalue weighted by Crippen LogP contribution is 2.29. The van der Waals surface area contributed by atoms with Crippen molar-refractivity contribution in [3.63, 3.8) is 0 Å². The van der Waals surface area contributed by atoms with Gasteiger partial charge in [0, 0.05) is 17.1 Å². The molecule has 4 heteroatoms. The van der Waals surface area contributed by atoms with Gasteiger partial charge >= 0.3 is 0 Å². The van der Waals surface area contributed by atoms with Crippen molar-refractivity contribution >= 4 is 27.5 Å². The second kappa shape index (κ2) is 5.52. The molecular weight excluding hydrogens is 302 g/mol. The molecule has 0 radical (unpaired) electrons. The molecule has 0 saturated carbocycles. The minimum Gasteiger partial charge on any atom is -0.437 e. The molecule has 0 aliphatic carbocycles. The molecule has 2 rings (SSSR count). The first kappa shape index (κ1) is 12.4. The van der Waals surface area contributed by atoms with Crippen molar-refractivity contribution < 1.29 is 4.74 Å². The molecule has 0 spiro atoms. The number of nitrogens with zero attached hydrogens (tertiary/aromatic N) is 1. The molecule has 0 atom stereocenters. The number of halogens is 2. The van der Waals surface area contributed by atoms with Crippen LogP contribution in [0.2, 0.25) is 5.02 Å². The molecule has 0 aliphatic heterocycles. The molecule has 1 aromatic heterocycles. The summed E-state index contributed by atoms with van der Waals surface area (Å²) in [5, 5.41) is 1.37. The third kappa shape index (κ3) is 2.99. The lowest BCUT2D eigenvalue weighted by molar-refractivity contribution is 0.459. The summed E-state index contributed by atoms with van der Waals surface area (Å²) in [5.74, 6) is 1.21. The van der Waals surface area contributed by atoms with Crippen LogP contribution >= 0.6 is 27.5 Å². The van der Waals surface area contributed by atoms with Gasteiger partial charge in [0.1, 0.15) is 5.75 Å². The summed E-state index contributed by atoms with van der Waals surface area (Å²) in [5.41, 5.74) is 2.11. The van der Waals surface area contributed by atoms with Crippen LogP contribution in [0.15, 0.2) is 36.5 Å². The first-order valence-electron chi connectivity index (χ1n) is 5.14. The van der Waals surface area contributed by atoms with Gasteiger partial charge in [-0.2, -0.15) is 0 Å². The quantitative estimate of drug-likeness (QED) is 0.764. The Labute approximate surface area is 114 Å². The Hall–Kier alpha value is -1.06. The van der Waals surface area contributed by atoms with E-state index in [2.05, 4.69) is 20.9 Å². The zero-order valence-corrected chi connectivity index (χ0v) is 11.6. The maximum absolute atomic E-state index is 6.02. The van der Waals surface area contributed by atoms with Crippen molar-refractivity contribution in [2.75, 3.05) is 0 Å². The molecule has 0 bridgehead atoms. The zero-order chi connectivity index (χ0) is 12.3. The van der Waals surface area contributed by atoms with Gasteiger partial charge in [0.15, 0.2) is 0 Å².